The molecule has 0 N–H and O–H groups in total. The summed E-state index contributed by atoms with van der Waals surface area (Å²) in [6.07, 6.45) is 0. The molecule has 0 saturated heterocycles. The fourth-order valence-corrected chi connectivity index (χ4v) is 2.93. The number of benzene rings is 2. The van der Waals surface area contributed by atoms with E-state index in [4.69, 9.17) is 5.32 Å². The fraction of sp³-hybridized carbons (Fsp3) is 0.500. The van der Waals surface area contributed by atoms with Crippen molar-refractivity contribution in [2.24, 2.45) is 0 Å². The Morgan fingerprint density at radius 3 is 0.880 bits per heavy atom. The van der Waals surface area contributed by atoms with Gasteiger partial charge in [-0.2, -0.15) is 0 Å². The Morgan fingerprint density at radius 1 is 0.440 bits per heavy atom. The van der Waals surface area contributed by atoms with E-state index in [1.165, 1.54) is 22.3 Å². The smallest absolute Gasteiger partial charge is 0.0642 e. The van der Waals surface area contributed by atoms with Crippen LogP contribution >= 0.6 is 0 Å². The first-order valence-corrected chi connectivity index (χ1v) is 9.68. The quantitative estimate of drug-likeness (QED) is 0.512. The lowest BCUT2D eigenvalue weighted by molar-refractivity contribution is 0.827. The Balaban J connectivity index is 2.44. The van der Waals surface area contributed by atoms with Crippen molar-refractivity contribution >= 4 is 11.4 Å². The number of hydrogen-bond acceptors (Lipinski definition) is 0. The second-order valence-corrected chi connectivity index (χ2v) is 8.45. The molecule has 0 atom stereocenters. The van der Waals surface area contributed by atoms with Gasteiger partial charge in [0, 0.05) is 0 Å². The van der Waals surface area contributed by atoms with Crippen molar-refractivity contribution in [1.82, 2.24) is 5.32 Å². The third-order valence-electron chi connectivity index (χ3n) is 4.85. The van der Waals surface area contributed by atoms with Crippen molar-refractivity contribution in [2.45, 2.75) is 79.1 Å². The summed E-state index contributed by atoms with van der Waals surface area (Å²) in [5.41, 5.74) is 7.63. The van der Waals surface area contributed by atoms with Crippen LogP contribution in [-0.2, 0) is 0 Å². The minimum Gasteiger partial charge on any atom is -0.249 e. The van der Waals surface area contributed by atoms with Crippen LogP contribution in [0.15, 0.2) is 36.4 Å². The van der Waals surface area contributed by atoms with Gasteiger partial charge in [0.15, 0.2) is 0 Å². The molecule has 0 heterocycles. The molecule has 0 unspecified atom stereocenters. The lowest BCUT2D eigenvalue weighted by atomic mass is 9.93. The Kier molecular flexibility index (Phi) is 6.32. The van der Waals surface area contributed by atoms with E-state index in [1.807, 2.05) is 0 Å². The van der Waals surface area contributed by atoms with E-state index in [0.29, 0.717) is 23.7 Å². The lowest BCUT2D eigenvalue weighted by Gasteiger charge is -2.17. The SMILES string of the molecule is CC(C)c1cc([N]c2cc(C(C)C)cc(C(C)C)c2)cc(C(C)C)c1. The van der Waals surface area contributed by atoms with Gasteiger partial charge >= 0.3 is 0 Å². The fourth-order valence-electron chi connectivity index (χ4n) is 2.93. The van der Waals surface area contributed by atoms with Gasteiger partial charge in [-0.05, 0) is 70.2 Å². The second kappa shape index (κ2) is 8.08. The summed E-state index contributed by atoms with van der Waals surface area (Å²) in [5, 5.41) is 5.01. The Morgan fingerprint density at radius 2 is 0.680 bits per heavy atom. The van der Waals surface area contributed by atoms with E-state index >= 15 is 0 Å². The topological polar surface area (TPSA) is 14.1 Å². The molecule has 0 spiro atoms. The van der Waals surface area contributed by atoms with Gasteiger partial charge in [-0.25, -0.2) is 5.32 Å². The van der Waals surface area contributed by atoms with Gasteiger partial charge in [0.2, 0.25) is 0 Å². The molecule has 135 valence electrons. The summed E-state index contributed by atoms with van der Waals surface area (Å²) in [7, 11) is 0. The zero-order valence-corrected chi connectivity index (χ0v) is 17.2. The molecule has 0 saturated carbocycles. The van der Waals surface area contributed by atoms with E-state index < -0.39 is 0 Å². The summed E-state index contributed by atoms with van der Waals surface area (Å²) in [6.45, 7) is 18.0. The number of hydrogen-bond donors (Lipinski definition) is 0. The van der Waals surface area contributed by atoms with Crippen LogP contribution in [0.5, 0.6) is 0 Å². The molecule has 0 aliphatic heterocycles. The lowest BCUT2D eigenvalue weighted by Crippen LogP contribution is -2.00. The Bertz CT molecular complexity index is 594. The summed E-state index contributed by atoms with van der Waals surface area (Å²) in [6, 6.07) is 13.6. The predicted octanol–water partition coefficient (Wildman–Crippen LogP) is 7.75. The minimum atomic E-state index is 0.515. The molecule has 1 nitrogen and oxygen atoms in total. The monoisotopic (exact) mass is 336 g/mol. The van der Waals surface area contributed by atoms with Gasteiger partial charge in [0.1, 0.15) is 0 Å². The van der Waals surface area contributed by atoms with Crippen LogP contribution in [0.4, 0.5) is 11.4 Å². The number of rotatable bonds is 6. The van der Waals surface area contributed by atoms with Gasteiger partial charge in [-0.1, -0.05) is 67.5 Å². The van der Waals surface area contributed by atoms with Crippen molar-refractivity contribution in [1.29, 1.82) is 0 Å². The zero-order chi connectivity index (χ0) is 18.7. The first-order chi connectivity index (χ1) is 11.7. The molecule has 0 bridgehead atoms. The highest BCUT2D eigenvalue weighted by Gasteiger charge is 2.11. The van der Waals surface area contributed by atoms with Crippen LogP contribution in [0, 0.1) is 0 Å². The van der Waals surface area contributed by atoms with Crippen LogP contribution in [0.1, 0.15) is 101 Å². The van der Waals surface area contributed by atoms with E-state index in [0.717, 1.165) is 11.4 Å². The molecule has 1 heteroatoms. The van der Waals surface area contributed by atoms with E-state index in [2.05, 4.69) is 91.8 Å². The van der Waals surface area contributed by atoms with Gasteiger partial charge in [0.05, 0.1) is 11.4 Å². The van der Waals surface area contributed by atoms with Crippen molar-refractivity contribution in [2.75, 3.05) is 0 Å². The molecule has 1 radical (unpaired) electrons. The van der Waals surface area contributed by atoms with Crippen molar-refractivity contribution in [3.05, 3.63) is 58.7 Å². The van der Waals surface area contributed by atoms with Crippen LogP contribution in [0.25, 0.3) is 0 Å². The highest BCUT2D eigenvalue weighted by atomic mass is 14.9. The maximum absolute atomic E-state index is 5.01. The second-order valence-electron chi connectivity index (χ2n) is 8.45. The van der Waals surface area contributed by atoms with E-state index in [1.54, 1.807) is 0 Å². The Hall–Kier alpha value is -1.76. The molecule has 2 aromatic rings. The summed E-state index contributed by atoms with van der Waals surface area (Å²) in [4.78, 5) is 0. The summed E-state index contributed by atoms with van der Waals surface area (Å²) >= 11 is 0. The molecule has 2 aromatic carbocycles. The van der Waals surface area contributed by atoms with Crippen molar-refractivity contribution in [3.63, 3.8) is 0 Å². The molecule has 0 aliphatic carbocycles. The first kappa shape index (κ1) is 19.6. The Labute approximate surface area is 154 Å². The molecule has 25 heavy (non-hydrogen) atoms. The zero-order valence-electron chi connectivity index (χ0n) is 17.2. The number of nitrogens with zero attached hydrogens (tertiary/aromatic N) is 1. The average Bonchev–Trinajstić information content (AvgIpc) is 2.53. The third kappa shape index (κ3) is 5.11. The summed E-state index contributed by atoms with van der Waals surface area (Å²) in [5.74, 6) is 2.06. The summed E-state index contributed by atoms with van der Waals surface area (Å²) < 4.78 is 0. The maximum Gasteiger partial charge on any atom is 0.0642 e. The predicted molar refractivity (Wildman–Crippen MR) is 111 cm³/mol. The van der Waals surface area contributed by atoms with Gasteiger partial charge in [0.25, 0.3) is 0 Å². The highest BCUT2D eigenvalue weighted by molar-refractivity contribution is 5.55. The molecule has 2 rings (SSSR count). The van der Waals surface area contributed by atoms with Crippen LogP contribution in [-0.4, -0.2) is 0 Å². The van der Waals surface area contributed by atoms with E-state index in [9.17, 15) is 0 Å². The van der Waals surface area contributed by atoms with Crippen LogP contribution < -0.4 is 5.32 Å². The molecular weight excluding hydrogens is 302 g/mol. The van der Waals surface area contributed by atoms with Gasteiger partial charge < -0.3 is 0 Å². The van der Waals surface area contributed by atoms with Crippen LogP contribution in [0.2, 0.25) is 0 Å². The first-order valence-electron chi connectivity index (χ1n) is 9.68. The highest BCUT2D eigenvalue weighted by Crippen LogP contribution is 2.31. The average molecular weight is 337 g/mol. The van der Waals surface area contributed by atoms with Crippen LogP contribution in [0.3, 0.4) is 0 Å². The molecular formula is C24H34N. The molecule has 0 aliphatic rings. The molecule has 0 aromatic heterocycles. The minimum absolute atomic E-state index is 0.515. The molecule has 0 fully saturated rings. The van der Waals surface area contributed by atoms with Gasteiger partial charge in [-0.15, -0.1) is 0 Å². The van der Waals surface area contributed by atoms with Gasteiger partial charge in [-0.3, -0.25) is 0 Å². The normalized spacial score (nSPS) is 11.8. The molecule has 0 amide bonds. The van der Waals surface area contributed by atoms with Crippen molar-refractivity contribution in [3.8, 4) is 0 Å². The largest absolute Gasteiger partial charge is 0.249 e. The van der Waals surface area contributed by atoms with E-state index in [-0.39, 0.29) is 0 Å². The third-order valence-corrected chi connectivity index (χ3v) is 4.85. The maximum atomic E-state index is 5.01. The standard InChI is InChI=1S/C24H34N/c1-15(2)19-9-20(16(3)4)12-23(11-19)25-24-13-21(17(5)6)10-22(14-24)18(7)8/h9-18H,1-8H3. The van der Waals surface area contributed by atoms with Crippen molar-refractivity contribution < 1.29 is 0 Å².